The summed E-state index contributed by atoms with van der Waals surface area (Å²) in [6.45, 7) is 0.608. The highest BCUT2D eigenvalue weighted by molar-refractivity contribution is 7.89. The van der Waals surface area contributed by atoms with Gasteiger partial charge >= 0.3 is 0 Å². The SMILES string of the molecule is COc1ccccc1S(=O)(=O)N1CCOC[C@@H]1c1noc(-c2ccccc2)n1. The first-order valence-electron chi connectivity index (χ1n) is 8.73. The van der Waals surface area contributed by atoms with Crippen molar-refractivity contribution >= 4 is 10.0 Å². The number of para-hydroxylation sites is 1. The molecule has 0 unspecified atom stereocenters. The van der Waals surface area contributed by atoms with Gasteiger partial charge in [0.25, 0.3) is 5.89 Å². The van der Waals surface area contributed by atoms with Crippen LogP contribution in [0, 0.1) is 0 Å². The minimum Gasteiger partial charge on any atom is -0.495 e. The van der Waals surface area contributed by atoms with Gasteiger partial charge in [0.1, 0.15) is 16.7 Å². The summed E-state index contributed by atoms with van der Waals surface area (Å²) in [5.74, 6) is 0.874. The molecule has 146 valence electrons. The summed E-state index contributed by atoms with van der Waals surface area (Å²) >= 11 is 0. The Bertz CT molecular complexity index is 1050. The van der Waals surface area contributed by atoms with Crippen molar-refractivity contribution < 1.29 is 22.4 Å². The van der Waals surface area contributed by atoms with E-state index in [9.17, 15) is 8.42 Å². The summed E-state index contributed by atoms with van der Waals surface area (Å²) in [7, 11) is -2.41. The van der Waals surface area contributed by atoms with Crippen molar-refractivity contribution in [2.24, 2.45) is 0 Å². The topological polar surface area (TPSA) is 94.8 Å². The van der Waals surface area contributed by atoms with E-state index in [2.05, 4.69) is 10.1 Å². The number of aromatic nitrogens is 2. The standard InChI is InChI=1S/C19H19N3O5S/c1-25-16-9-5-6-10-17(16)28(23,24)22-11-12-26-13-15(22)18-20-19(27-21-18)14-7-3-2-4-8-14/h2-10,15H,11-13H2,1H3/t15-/m1/s1. The third-order valence-corrected chi connectivity index (χ3v) is 6.44. The molecule has 1 aromatic heterocycles. The summed E-state index contributed by atoms with van der Waals surface area (Å²) in [6.07, 6.45) is 0. The number of sulfonamides is 1. The molecule has 8 nitrogen and oxygen atoms in total. The monoisotopic (exact) mass is 401 g/mol. The molecule has 0 N–H and O–H groups in total. The normalized spacial score (nSPS) is 18.1. The molecule has 0 amide bonds. The van der Waals surface area contributed by atoms with Crippen LogP contribution in [0.1, 0.15) is 11.9 Å². The van der Waals surface area contributed by atoms with Crippen LogP contribution in [0.2, 0.25) is 0 Å². The average molecular weight is 401 g/mol. The van der Waals surface area contributed by atoms with Crippen molar-refractivity contribution in [3.05, 3.63) is 60.4 Å². The summed E-state index contributed by atoms with van der Waals surface area (Å²) in [5.41, 5.74) is 0.761. The molecule has 0 bridgehead atoms. The molecule has 1 aliphatic rings. The van der Waals surface area contributed by atoms with Gasteiger partial charge in [-0.15, -0.1) is 0 Å². The predicted molar refractivity (Wildman–Crippen MR) is 100 cm³/mol. The van der Waals surface area contributed by atoms with Gasteiger partial charge in [0.2, 0.25) is 10.0 Å². The van der Waals surface area contributed by atoms with Gasteiger partial charge in [0, 0.05) is 12.1 Å². The number of methoxy groups -OCH3 is 1. The molecule has 4 rings (SSSR count). The van der Waals surface area contributed by atoms with E-state index in [4.69, 9.17) is 14.0 Å². The van der Waals surface area contributed by atoms with Crippen LogP contribution in [0.15, 0.2) is 64.0 Å². The maximum absolute atomic E-state index is 13.3. The number of hydrogen-bond acceptors (Lipinski definition) is 7. The van der Waals surface area contributed by atoms with Crippen LogP contribution in [0.3, 0.4) is 0 Å². The highest BCUT2D eigenvalue weighted by Gasteiger charge is 2.39. The van der Waals surface area contributed by atoms with E-state index in [0.717, 1.165) is 5.56 Å². The van der Waals surface area contributed by atoms with Crippen LogP contribution in [0.5, 0.6) is 5.75 Å². The number of ether oxygens (including phenoxy) is 2. The van der Waals surface area contributed by atoms with Crippen molar-refractivity contribution in [3.8, 4) is 17.2 Å². The van der Waals surface area contributed by atoms with Crippen LogP contribution in [0.4, 0.5) is 0 Å². The van der Waals surface area contributed by atoms with Crippen LogP contribution >= 0.6 is 0 Å². The van der Waals surface area contributed by atoms with Crippen LogP contribution < -0.4 is 4.74 Å². The molecule has 0 saturated carbocycles. The summed E-state index contributed by atoms with van der Waals surface area (Å²) in [5, 5.41) is 4.01. The highest BCUT2D eigenvalue weighted by atomic mass is 32.2. The Morgan fingerprint density at radius 1 is 1.11 bits per heavy atom. The van der Waals surface area contributed by atoms with Crippen molar-refractivity contribution in [1.82, 2.24) is 14.4 Å². The minimum atomic E-state index is -3.85. The average Bonchev–Trinajstić information content (AvgIpc) is 3.24. The van der Waals surface area contributed by atoms with Gasteiger partial charge in [-0.05, 0) is 24.3 Å². The molecular weight excluding hydrogens is 382 g/mol. The van der Waals surface area contributed by atoms with Crippen molar-refractivity contribution in [1.29, 1.82) is 0 Å². The van der Waals surface area contributed by atoms with E-state index >= 15 is 0 Å². The molecule has 0 spiro atoms. The molecule has 2 aromatic carbocycles. The molecule has 28 heavy (non-hydrogen) atoms. The van der Waals surface area contributed by atoms with Crippen LogP contribution in [-0.2, 0) is 14.8 Å². The molecular formula is C19H19N3O5S. The first kappa shape index (κ1) is 18.6. The molecule has 9 heteroatoms. The lowest BCUT2D eigenvalue weighted by atomic mass is 10.2. The van der Waals surface area contributed by atoms with Crippen molar-refractivity contribution in [3.63, 3.8) is 0 Å². The lowest BCUT2D eigenvalue weighted by Gasteiger charge is -2.32. The van der Waals surface area contributed by atoms with Gasteiger partial charge in [0.15, 0.2) is 5.82 Å². The van der Waals surface area contributed by atoms with Crippen molar-refractivity contribution in [2.45, 2.75) is 10.9 Å². The Balaban J connectivity index is 1.70. The van der Waals surface area contributed by atoms with E-state index in [1.165, 1.54) is 17.5 Å². The lowest BCUT2D eigenvalue weighted by Crippen LogP contribution is -2.43. The zero-order valence-corrected chi connectivity index (χ0v) is 16.0. The first-order valence-corrected chi connectivity index (χ1v) is 10.2. The second-order valence-electron chi connectivity index (χ2n) is 6.18. The number of rotatable bonds is 5. The van der Waals surface area contributed by atoms with E-state index in [-0.39, 0.29) is 36.2 Å². The summed E-state index contributed by atoms with van der Waals surface area (Å²) in [6, 6.07) is 15.1. The quantitative estimate of drug-likeness (QED) is 0.648. The van der Waals surface area contributed by atoms with Gasteiger partial charge in [0.05, 0.1) is 20.3 Å². The van der Waals surface area contributed by atoms with E-state index in [0.29, 0.717) is 5.89 Å². The third-order valence-electron chi connectivity index (χ3n) is 4.50. The maximum Gasteiger partial charge on any atom is 0.257 e. The molecule has 1 atom stereocenters. The number of nitrogens with zero attached hydrogens (tertiary/aromatic N) is 3. The van der Waals surface area contributed by atoms with Gasteiger partial charge in [-0.1, -0.05) is 35.5 Å². The minimum absolute atomic E-state index is 0.0937. The maximum atomic E-state index is 13.3. The molecule has 3 aromatic rings. The lowest BCUT2D eigenvalue weighted by molar-refractivity contribution is 0.0281. The Hall–Kier alpha value is -2.75. The fourth-order valence-corrected chi connectivity index (χ4v) is 4.82. The number of benzene rings is 2. The highest BCUT2D eigenvalue weighted by Crippen LogP contribution is 2.33. The molecule has 1 fully saturated rings. The van der Waals surface area contributed by atoms with Crippen LogP contribution in [0.25, 0.3) is 11.5 Å². The second-order valence-corrected chi connectivity index (χ2v) is 8.04. The van der Waals surface area contributed by atoms with Gasteiger partial charge in [-0.3, -0.25) is 0 Å². The fourth-order valence-electron chi connectivity index (χ4n) is 3.11. The molecule has 1 aliphatic heterocycles. The van der Waals surface area contributed by atoms with Crippen LogP contribution in [-0.4, -0.2) is 49.7 Å². The Morgan fingerprint density at radius 3 is 2.64 bits per heavy atom. The zero-order valence-electron chi connectivity index (χ0n) is 15.2. The van der Waals surface area contributed by atoms with Gasteiger partial charge in [-0.25, -0.2) is 8.42 Å². The zero-order chi connectivity index (χ0) is 19.6. The van der Waals surface area contributed by atoms with E-state index in [1.54, 1.807) is 18.2 Å². The van der Waals surface area contributed by atoms with E-state index in [1.807, 2.05) is 30.3 Å². The van der Waals surface area contributed by atoms with E-state index < -0.39 is 16.1 Å². The predicted octanol–water partition coefficient (Wildman–Crippen LogP) is 2.51. The number of morpholine rings is 1. The Morgan fingerprint density at radius 2 is 1.86 bits per heavy atom. The molecule has 2 heterocycles. The fraction of sp³-hybridized carbons (Fsp3) is 0.263. The molecule has 0 radical (unpaired) electrons. The molecule has 0 aliphatic carbocycles. The third kappa shape index (κ3) is 3.39. The van der Waals surface area contributed by atoms with Crippen molar-refractivity contribution in [2.75, 3.05) is 26.9 Å². The van der Waals surface area contributed by atoms with Gasteiger partial charge in [-0.2, -0.15) is 9.29 Å². The largest absolute Gasteiger partial charge is 0.495 e. The second kappa shape index (κ2) is 7.70. The first-order chi connectivity index (χ1) is 13.6. The summed E-state index contributed by atoms with van der Waals surface area (Å²) < 4.78 is 44.1. The molecule has 1 saturated heterocycles. The smallest absolute Gasteiger partial charge is 0.257 e. The summed E-state index contributed by atoms with van der Waals surface area (Å²) in [4.78, 5) is 4.50. The number of hydrogen-bond donors (Lipinski definition) is 0. The van der Waals surface area contributed by atoms with Gasteiger partial charge < -0.3 is 14.0 Å². The Labute approximate surface area is 162 Å². The Kier molecular flexibility index (Phi) is 5.12.